The first-order valence-electron chi connectivity index (χ1n) is 14.4. The number of piperidine rings is 2. The quantitative estimate of drug-likeness (QED) is 0.155. The summed E-state index contributed by atoms with van der Waals surface area (Å²) in [7, 11) is 0. The molecule has 0 aliphatic carbocycles. The van der Waals surface area contributed by atoms with Crippen LogP contribution in [0.15, 0.2) is 0 Å². The summed E-state index contributed by atoms with van der Waals surface area (Å²) < 4.78 is 0. The van der Waals surface area contributed by atoms with Crippen molar-refractivity contribution in [2.24, 2.45) is 0 Å². The van der Waals surface area contributed by atoms with Crippen molar-refractivity contribution in [2.75, 3.05) is 39.3 Å². The number of rotatable bonds is 11. The molecule has 0 radical (unpaired) electrons. The standard InChI is InChI=1S/C10H16N2O8.2C9H19NO2/c13-7(14)3-11(4-8(15)16)1-2-12(5-9(17)18)6-10(19)20;2*1-8(2)5-7(11)6-9(3,4)10(8)12/h1-6H2,(H,13,14)(H,15,16)(H,17,18)(H,19,20);2*7,11-12H,5-6H2,1-4H3. The number of hydrogen-bond acceptors (Lipinski definition) is 12. The number of aliphatic hydroxyl groups is 2. The molecule has 0 aromatic rings. The fourth-order valence-electron chi connectivity index (χ4n) is 5.91. The zero-order valence-electron chi connectivity index (χ0n) is 27.2. The SMILES string of the molecule is CC1(C)CC(O)CC(C)(C)N1O.CC1(C)CC(O)CC(C)(C)N1O.O=C(O)CN(CCN(CC(=O)O)CC(=O)O)CC(=O)O. The molecular formula is C28H54N4O12. The minimum Gasteiger partial charge on any atom is -0.480 e. The highest BCUT2D eigenvalue weighted by Crippen LogP contribution is 2.37. The van der Waals surface area contributed by atoms with Crippen LogP contribution in [0.2, 0.25) is 0 Å². The predicted octanol–water partition coefficient (Wildman–Crippen LogP) is 0.708. The van der Waals surface area contributed by atoms with Crippen molar-refractivity contribution in [2.45, 2.75) is 115 Å². The van der Waals surface area contributed by atoms with Crippen LogP contribution >= 0.6 is 0 Å². The lowest BCUT2D eigenvalue weighted by molar-refractivity contribution is -0.257. The molecule has 0 unspecified atom stereocenters. The molecule has 2 aliphatic rings. The van der Waals surface area contributed by atoms with Crippen LogP contribution in [0.1, 0.15) is 81.1 Å². The van der Waals surface area contributed by atoms with Crippen LogP contribution in [-0.2, 0) is 19.2 Å². The first-order chi connectivity index (χ1) is 19.7. The van der Waals surface area contributed by atoms with Gasteiger partial charge in [-0.2, -0.15) is 10.1 Å². The van der Waals surface area contributed by atoms with Crippen LogP contribution in [0.4, 0.5) is 0 Å². The fourth-order valence-corrected chi connectivity index (χ4v) is 5.91. The van der Waals surface area contributed by atoms with Gasteiger partial charge in [0, 0.05) is 35.2 Å². The second-order valence-electron chi connectivity index (χ2n) is 14.0. The number of nitrogens with zero attached hydrogens (tertiary/aromatic N) is 4. The Morgan fingerprint density at radius 2 is 0.705 bits per heavy atom. The van der Waals surface area contributed by atoms with Crippen LogP contribution in [-0.4, -0.2) is 158 Å². The first kappa shape index (κ1) is 41.6. The van der Waals surface area contributed by atoms with Gasteiger partial charge in [-0.05, 0) is 81.1 Å². The summed E-state index contributed by atoms with van der Waals surface area (Å²) in [6, 6.07) is 0. The van der Waals surface area contributed by atoms with Crippen LogP contribution in [0.5, 0.6) is 0 Å². The molecule has 8 N–H and O–H groups in total. The molecule has 0 aromatic heterocycles. The maximum atomic E-state index is 10.6. The van der Waals surface area contributed by atoms with Gasteiger partial charge in [-0.1, -0.05) is 0 Å². The van der Waals surface area contributed by atoms with E-state index in [4.69, 9.17) is 20.4 Å². The highest BCUT2D eigenvalue weighted by molar-refractivity contribution is 5.73. The van der Waals surface area contributed by atoms with Gasteiger partial charge in [0.05, 0.1) is 38.4 Å². The first-order valence-corrected chi connectivity index (χ1v) is 14.4. The summed E-state index contributed by atoms with van der Waals surface area (Å²) >= 11 is 0. The van der Waals surface area contributed by atoms with E-state index in [2.05, 4.69) is 0 Å². The number of aliphatic hydroxyl groups excluding tert-OH is 2. The van der Waals surface area contributed by atoms with E-state index in [0.29, 0.717) is 25.7 Å². The van der Waals surface area contributed by atoms with E-state index < -0.39 is 50.1 Å². The topological polar surface area (TPSA) is 243 Å². The van der Waals surface area contributed by atoms with Gasteiger partial charge in [0.2, 0.25) is 0 Å². The predicted molar refractivity (Wildman–Crippen MR) is 157 cm³/mol. The zero-order chi connectivity index (χ0) is 34.8. The molecule has 2 saturated heterocycles. The summed E-state index contributed by atoms with van der Waals surface area (Å²) in [4.78, 5) is 44.4. The average Bonchev–Trinajstić information content (AvgIpc) is 2.77. The van der Waals surface area contributed by atoms with Gasteiger partial charge in [0.15, 0.2) is 0 Å². The molecule has 2 aliphatic heterocycles. The highest BCUT2D eigenvalue weighted by atomic mass is 16.5. The Morgan fingerprint density at radius 1 is 0.523 bits per heavy atom. The maximum absolute atomic E-state index is 10.6. The second-order valence-corrected chi connectivity index (χ2v) is 14.0. The molecule has 2 fully saturated rings. The smallest absolute Gasteiger partial charge is 0.317 e. The summed E-state index contributed by atoms with van der Waals surface area (Å²) in [6.07, 6.45) is 1.94. The lowest BCUT2D eigenvalue weighted by Crippen LogP contribution is -2.60. The number of hydrogen-bond donors (Lipinski definition) is 8. The van der Waals surface area contributed by atoms with Crippen molar-refractivity contribution in [1.82, 2.24) is 19.9 Å². The van der Waals surface area contributed by atoms with Crippen molar-refractivity contribution in [3.63, 3.8) is 0 Å². The van der Waals surface area contributed by atoms with E-state index >= 15 is 0 Å². The zero-order valence-corrected chi connectivity index (χ0v) is 27.2. The molecule has 258 valence electrons. The minimum absolute atomic E-state index is 0.0703. The second kappa shape index (κ2) is 16.7. The molecule has 2 heterocycles. The highest BCUT2D eigenvalue weighted by Gasteiger charge is 2.45. The summed E-state index contributed by atoms with van der Waals surface area (Å²) in [5.41, 5.74) is -1.27. The van der Waals surface area contributed by atoms with Crippen LogP contribution in [0.25, 0.3) is 0 Å². The lowest BCUT2D eigenvalue weighted by Gasteiger charge is -2.50. The Hall–Kier alpha value is -2.44. The Balaban J connectivity index is 0.000000663. The molecule has 16 heteroatoms. The Morgan fingerprint density at radius 3 is 0.864 bits per heavy atom. The molecule has 2 rings (SSSR count). The summed E-state index contributed by atoms with van der Waals surface area (Å²) in [5.74, 6) is -4.91. The Kier molecular flexibility index (Phi) is 15.8. The molecule has 0 atom stereocenters. The van der Waals surface area contributed by atoms with Crippen molar-refractivity contribution < 1.29 is 60.2 Å². The average molecular weight is 639 g/mol. The van der Waals surface area contributed by atoms with Gasteiger partial charge >= 0.3 is 23.9 Å². The normalized spacial score (nSPS) is 21.5. The summed E-state index contributed by atoms with van der Waals surface area (Å²) in [6.45, 7) is 13.3. The van der Waals surface area contributed by atoms with E-state index in [1.165, 1.54) is 10.1 Å². The van der Waals surface area contributed by atoms with E-state index in [1.807, 2.05) is 55.4 Å². The largest absolute Gasteiger partial charge is 0.480 e. The van der Waals surface area contributed by atoms with E-state index in [9.17, 15) is 39.8 Å². The lowest BCUT2D eigenvalue weighted by atomic mass is 9.80. The van der Waals surface area contributed by atoms with Gasteiger partial charge < -0.3 is 41.1 Å². The number of carboxylic acid groups (broad SMARTS) is 4. The van der Waals surface area contributed by atoms with E-state index in [0.717, 1.165) is 9.80 Å². The van der Waals surface area contributed by atoms with Gasteiger partial charge in [0.1, 0.15) is 0 Å². The molecule has 0 amide bonds. The number of carbonyl (C=O) groups is 4. The number of carboxylic acids is 4. The van der Waals surface area contributed by atoms with Crippen molar-refractivity contribution in [1.29, 1.82) is 0 Å². The fraction of sp³-hybridized carbons (Fsp3) is 0.857. The van der Waals surface area contributed by atoms with Crippen molar-refractivity contribution >= 4 is 23.9 Å². The third-order valence-corrected chi connectivity index (χ3v) is 7.40. The van der Waals surface area contributed by atoms with Crippen LogP contribution < -0.4 is 0 Å². The Bertz CT molecular complexity index is 828. The molecule has 0 saturated carbocycles. The van der Waals surface area contributed by atoms with Gasteiger partial charge in [0.25, 0.3) is 0 Å². The van der Waals surface area contributed by atoms with Crippen LogP contribution in [0.3, 0.4) is 0 Å². The monoisotopic (exact) mass is 638 g/mol. The molecule has 44 heavy (non-hydrogen) atoms. The molecule has 0 aromatic carbocycles. The van der Waals surface area contributed by atoms with Crippen molar-refractivity contribution in [3.05, 3.63) is 0 Å². The molecular weight excluding hydrogens is 584 g/mol. The van der Waals surface area contributed by atoms with Gasteiger partial charge in [-0.25, -0.2) is 0 Å². The summed E-state index contributed by atoms with van der Waals surface area (Å²) in [5, 5.41) is 75.9. The minimum atomic E-state index is -1.23. The van der Waals surface area contributed by atoms with E-state index in [1.54, 1.807) is 0 Å². The maximum Gasteiger partial charge on any atom is 0.317 e. The van der Waals surface area contributed by atoms with Crippen molar-refractivity contribution in [3.8, 4) is 0 Å². The Labute approximate surface area is 259 Å². The third-order valence-electron chi connectivity index (χ3n) is 7.40. The van der Waals surface area contributed by atoms with E-state index in [-0.39, 0.29) is 47.5 Å². The number of aliphatic carboxylic acids is 4. The third kappa shape index (κ3) is 15.0. The van der Waals surface area contributed by atoms with Gasteiger partial charge in [-0.3, -0.25) is 29.0 Å². The van der Waals surface area contributed by atoms with Crippen LogP contribution in [0, 0.1) is 0 Å². The molecule has 16 nitrogen and oxygen atoms in total. The van der Waals surface area contributed by atoms with Gasteiger partial charge in [-0.15, -0.1) is 0 Å². The number of hydroxylamine groups is 4. The molecule has 0 bridgehead atoms. The molecule has 0 spiro atoms.